The second-order valence-electron chi connectivity index (χ2n) is 6.56. The summed E-state index contributed by atoms with van der Waals surface area (Å²) in [5.74, 6) is 1.17. The summed E-state index contributed by atoms with van der Waals surface area (Å²) in [7, 11) is 0. The molecule has 2 aromatic rings. The summed E-state index contributed by atoms with van der Waals surface area (Å²) >= 11 is 0. The molecule has 2 heterocycles. The molecule has 1 fully saturated rings. The predicted molar refractivity (Wildman–Crippen MR) is 98.3 cm³/mol. The monoisotopic (exact) mass is 368 g/mol. The maximum Gasteiger partial charge on any atom is 0.270 e. The van der Waals surface area contributed by atoms with Crippen LogP contribution in [0.3, 0.4) is 0 Å². The Bertz CT molecular complexity index is 862. The van der Waals surface area contributed by atoms with Crippen molar-refractivity contribution in [2.24, 2.45) is 0 Å². The summed E-state index contributed by atoms with van der Waals surface area (Å²) in [5, 5.41) is 21.8. The van der Waals surface area contributed by atoms with Crippen molar-refractivity contribution in [1.82, 2.24) is 4.90 Å². The molecule has 7 heteroatoms. The molecule has 0 radical (unpaired) electrons. The lowest BCUT2D eigenvalue weighted by molar-refractivity contribution is -0.384. The summed E-state index contributed by atoms with van der Waals surface area (Å²) in [5.41, 5.74) is 1.54. The summed E-state index contributed by atoms with van der Waals surface area (Å²) < 4.78 is 11.4. The van der Waals surface area contributed by atoms with Crippen molar-refractivity contribution >= 4 is 5.69 Å². The Morgan fingerprint density at radius 1 is 1.19 bits per heavy atom. The van der Waals surface area contributed by atoms with E-state index in [-0.39, 0.29) is 11.7 Å². The van der Waals surface area contributed by atoms with E-state index in [4.69, 9.17) is 9.47 Å². The SMILES string of the molecule is O=[N+]([O-])c1ccc2c(c1)C(N1CCOCC1)/C(=C/C(O)c1ccccc1)O2. The number of nitro benzene ring substituents is 1. The lowest BCUT2D eigenvalue weighted by atomic mass is 10.0. The van der Waals surface area contributed by atoms with Crippen LogP contribution in [0.5, 0.6) is 5.75 Å². The van der Waals surface area contributed by atoms with Crippen molar-refractivity contribution in [3.63, 3.8) is 0 Å². The van der Waals surface area contributed by atoms with Crippen LogP contribution in [-0.2, 0) is 4.74 Å². The van der Waals surface area contributed by atoms with Gasteiger partial charge in [-0.1, -0.05) is 30.3 Å². The van der Waals surface area contributed by atoms with Crippen LogP contribution in [0.1, 0.15) is 23.3 Å². The summed E-state index contributed by atoms with van der Waals surface area (Å²) in [6.45, 7) is 2.56. The number of aliphatic hydroxyl groups excluding tert-OH is 1. The third-order valence-electron chi connectivity index (χ3n) is 4.87. The zero-order chi connectivity index (χ0) is 18.8. The van der Waals surface area contributed by atoms with Gasteiger partial charge in [0.2, 0.25) is 0 Å². The van der Waals surface area contributed by atoms with Crippen LogP contribution in [0.2, 0.25) is 0 Å². The van der Waals surface area contributed by atoms with E-state index in [1.54, 1.807) is 18.2 Å². The van der Waals surface area contributed by atoms with Crippen molar-refractivity contribution in [3.05, 3.63) is 81.6 Å². The number of non-ortho nitro benzene ring substituents is 1. The first-order valence-electron chi connectivity index (χ1n) is 8.86. The number of ether oxygens (including phenoxy) is 2. The van der Waals surface area contributed by atoms with E-state index in [0.717, 1.165) is 11.1 Å². The first-order chi connectivity index (χ1) is 13.1. The molecule has 0 bridgehead atoms. The van der Waals surface area contributed by atoms with E-state index in [1.807, 2.05) is 30.3 Å². The number of aliphatic hydroxyl groups is 1. The van der Waals surface area contributed by atoms with Crippen LogP contribution in [0.4, 0.5) is 5.69 Å². The van der Waals surface area contributed by atoms with Gasteiger partial charge in [0.15, 0.2) is 0 Å². The first kappa shape index (κ1) is 17.7. The van der Waals surface area contributed by atoms with E-state index < -0.39 is 11.0 Å². The molecule has 7 nitrogen and oxygen atoms in total. The minimum atomic E-state index is -0.825. The molecule has 27 heavy (non-hydrogen) atoms. The molecule has 0 saturated carbocycles. The molecule has 2 unspecified atom stereocenters. The second kappa shape index (κ2) is 7.48. The largest absolute Gasteiger partial charge is 0.460 e. The molecule has 1 saturated heterocycles. The van der Waals surface area contributed by atoms with Gasteiger partial charge in [-0.15, -0.1) is 0 Å². The highest BCUT2D eigenvalue weighted by Gasteiger charge is 2.37. The van der Waals surface area contributed by atoms with Gasteiger partial charge in [-0.3, -0.25) is 15.0 Å². The van der Waals surface area contributed by atoms with Crippen molar-refractivity contribution in [2.45, 2.75) is 12.1 Å². The van der Waals surface area contributed by atoms with Gasteiger partial charge >= 0.3 is 0 Å². The molecule has 2 aliphatic rings. The number of benzene rings is 2. The third kappa shape index (κ3) is 3.57. The molecule has 2 aliphatic heterocycles. The molecule has 4 rings (SSSR count). The molecular formula is C20H20N2O5. The Kier molecular flexibility index (Phi) is 4.89. The summed E-state index contributed by atoms with van der Waals surface area (Å²) in [6, 6.07) is 13.7. The van der Waals surface area contributed by atoms with E-state index in [1.165, 1.54) is 6.07 Å². The average Bonchev–Trinajstić information content (AvgIpc) is 3.06. The molecule has 140 valence electrons. The molecule has 0 aromatic heterocycles. The van der Waals surface area contributed by atoms with Crippen LogP contribution in [0, 0.1) is 10.1 Å². The fourth-order valence-electron chi connectivity index (χ4n) is 3.53. The quantitative estimate of drug-likeness (QED) is 0.660. The predicted octanol–water partition coefficient (Wildman–Crippen LogP) is 2.98. The number of morpholine rings is 1. The highest BCUT2D eigenvalue weighted by Crippen LogP contribution is 2.45. The van der Waals surface area contributed by atoms with Gasteiger partial charge < -0.3 is 14.6 Å². The molecule has 0 aliphatic carbocycles. The number of fused-ring (bicyclic) bond motifs is 1. The molecule has 0 amide bonds. The van der Waals surface area contributed by atoms with Gasteiger partial charge in [0.25, 0.3) is 5.69 Å². The zero-order valence-electron chi connectivity index (χ0n) is 14.7. The maximum absolute atomic E-state index is 11.2. The fraction of sp³-hybridized carbons (Fsp3) is 0.300. The molecule has 0 spiro atoms. The van der Waals surface area contributed by atoms with Gasteiger partial charge in [-0.2, -0.15) is 0 Å². The van der Waals surface area contributed by atoms with E-state index >= 15 is 0 Å². The van der Waals surface area contributed by atoms with Crippen molar-refractivity contribution in [2.75, 3.05) is 26.3 Å². The van der Waals surface area contributed by atoms with E-state index in [2.05, 4.69) is 4.90 Å². The number of hydrogen-bond donors (Lipinski definition) is 1. The lowest BCUT2D eigenvalue weighted by Crippen LogP contribution is -2.39. The molecule has 1 N–H and O–H groups in total. The summed E-state index contributed by atoms with van der Waals surface area (Å²) in [4.78, 5) is 13.0. The normalized spacial score (nSPS) is 22.3. The summed E-state index contributed by atoms with van der Waals surface area (Å²) in [6.07, 6.45) is 0.857. The maximum atomic E-state index is 11.2. The number of rotatable bonds is 4. The van der Waals surface area contributed by atoms with Crippen LogP contribution in [0.25, 0.3) is 0 Å². The Morgan fingerprint density at radius 2 is 1.93 bits per heavy atom. The van der Waals surface area contributed by atoms with Crippen molar-refractivity contribution < 1.29 is 19.5 Å². The van der Waals surface area contributed by atoms with Crippen LogP contribution in [0.15, 0.2) is 60.4 Å². The van der Waals surface area contributed by atoms with Gasteiger partial charge in [-0.05, 0) is 17.7 Å². The molecule has 2 aromatic carbocycles. The van der Waals surface area contributed by atoms with Gasteiger partial charge in [0.1, 0.15) is 17.6 Å². The first-order valence-corrected chi connectivity index (χ1v) is 8.86. The van der Waals surface area contributed by atoms with Crippen LogP contribution in [-0.4, -0.2) is 41.2 Å². The van der Waals surface area contributed by atoms with Crippen LogP contribution < -0.4 is 4.74 Å². The molecular weight excluding hydrogens is 348 g/mol. The topological polar surface area (TPSA) is 85.1 Å². The van der Waals surface area contributed by atoms with Crippen LogP contribution >= 0.6 is 0 Å². The van der Waals surface area contributed by atoms with Crippen molar-refractivity contribution in [3.8, 4) is 5.75 Å². The fourth-order valence-corrected chi connectivity index (χ4v) is 3.53. The standard InChI is InChI=1S/C20H20N2O5/c23-17(14-4-2-1-3-5-14)13-19-20(21-8-10-26-11-9-21)16-12-15(22(24)25)6-7-18(16)27-19/h1-7,12-13,17,20,23H,8-11H2/b19-13-. The number of nitro groups is 1. The minimum Gasteiger partial charge on any atom is -0.460 e. The highest BCUT2D eigenvalue weighted by molar-refractivity contribution is 5.52. The Balaban J connectivity index is 1.72. The highest BCUT2D eigenvalue weighted by atomic mass is 16.6. The Hall–Kier alpha value is -2.74. The zero-order valence-corrected chi connectivity index (χ0v) is 14.7. The number of nitrogens with zero attached hydrogens (tertiary/aromatic N) is 2. The minimum absolute atomic E-state index is 0.0282. The van der Waals surface area contributed by atoms with Gasteiger partial charge in [0, 0.05) is 30.8 Å². The third-order valence-corrected chi connectivity index (χ3v) is 4.87. The van der Waals surface area contributed by atoms with E-state index in [9.17, 15) is 15.2 Å². The second-order valence-corrected chi connectivity index (χ2v) is 6.56. The Labute approximate surface area is 156 Å². The molecule has 2 atom stereocenters. The smallest absolute Gasteiger partial charge is 0.270 e. The van der Waals surface area contributed by atoms with Gasteiger partial charge in [-0.25, -0.2) is 0 Å². The Morgan fingerprint density at radius 3 is 2.63 bits per heavy atom. The van der Waals surface area contributed by atoms with Gasteiger partial charge in [0.05, 0.1) is 24.2 Å². The van der Waals surface area contributed by atoms with E-state index in [0.29, 0.717) is 37.8 Å². The lowest BCUT2D eigenvalue weighted by Gasteiger charge is -2.32. The average molecular weight is 368 g/mol. The number of hydrogen-bond acceptors (Lipinski definition) is 6. The van der Waals surface area contributed by atoms with Crippen molar-refractivity contribution in [1.29, 1.82) is 0 Å².